The quantitative estimate of drug-likeness (QED) is 0.516. The Kier molecular flexibility index (Phi) is 9.39. The molecule has 0 unspecified atom stereocenters. The normalized spacial score (nSPS) is 13.6. The number of hydrogen-bond donors (Lipinski definition) is 2. The summed E-state index contributed by atoms with van der Waals surface area (Å²) in [6, 6.07) is 8.07. The van der Waals surface area contributed by atoms with Crippen LogP contribution in [0.1, 0.15) is 6.42 Å². The van der Waals surface area contributed by atoms with Crippen LogP contribution < -0.4 is 25.0 Å². The minimum Gasteiger partial charge on any atom is -0.493 e. The summed E-state index contributed by atoms with van der Waals surface area (Å²) in [5, 5.41) is 7.50. The number of aromatic nitrogens is 2. The van der Waals surface area contributed by atoms with Gasteiger partial charge in [-0.25, -0.2) is 9.37 Å². The number of nitrogens with zero attached hydrogens (tertiary/aromatic N) is 3. The monoisotopic (exact) mass is 503 g/mol. The third-order valence-electron chi connectivity index (χ3n) is 5.00. The molecule has 174 valence electrons. The Bertz CT molecular complexity index is 1070. The van der Waals surface area contributed by atoms with E-state index in [2.05, 4.69) is 15.5 Å². The zero-order valence-electron chi connectivity index (χ0n) is 17.7. The van der Waals surface area contributed by atoms with E-state index in [1.165, 1.54) is 6.07 Å². The molecule has 0 atom stereocenters. The van der Waals surface area contributed by atoms with E-state index in [0.717, 1.165) is 32.6 Å². The van der Waals surface area contributed by atoms with E-state index in [4.69, 9.17) is 31.0 Å². The highest BCUT2D eigenvalue weighted by Crippen LogP contribution is 2.36. The summed E-state index contributed by atoms with van der Waals surface area (Å²) in [6.07, 6.45) is 0.988. The lowest BCUT2D eigenvalue weighted by Crippen LogP contribution is -2.29. The predicted molar refractivity (Wildman–Crippen MR) is 132 cm³/mol. The lowest BCUT2D eigenvalue weighted by molar-refractivity contribution is 0.356. The number of ether oxygens (including phenoxy) is 2. The van der Waals surface area contributed by atoms with Crippen LogP contribution in [-0.2, 0) is 0 Å². The summed E-state index contributed by atoms with van der Waals surface area (Å²) in [5.74, 6) is 1.70. The van der Waals surface area contributed by atoms with Crippen molar-refractivity contribution in [1.29, 1.82) is 0 Å². The van der Waals surface area contributed by atoms with Crippen LogP contribution in [0.2, 0.25) is 5.02 Å². The fourth-order valence-corrected chi connectivity index (χ4v) is 3.60. The van der Waals surface area contributed by atoms with Crippen molar-refractivity contribution in [1.82, 2.24) is 15.3 Å². The van der Waals surface area contributed by atoms with E-state index in [1.807, 2.05) is 0 Å². The van der Waals surface area contributed by atoms with Crippen molar-refractivity contribution in [2.24, 2.45) is 0 Å². The van der Waals surface area contributed by atoms with Crippen molar-refractivity contribution in [2.45, 2.75) is 6.42 Å². The highest BCUT2D eigenvalue weighted by atomic mass is 35.5. The van der Waals surface area contributed by atoms with Crippen LogP contribution in [0.5, 0.6) is 11.5 Å². The lowest BCUT2D eigenvalue weighted by Gasteiger charge is -2.22. The maximum absolute atomic E-state index is 14.5. The highest BCUT2D eigenvalue weighted by Gasteiger charge is 2.18. The molecule has 0 bridgehead atoms. The Morgan fingerprint density at radius 1 is 1.03 bits per heavy atom. The minimum absolute atomic E-state index is 0. The van der Waals surface area contributed by atoms with Crippen molar-refractivity contribution in [3.63, 3.8) is 0 Å². The number of anilines is 3. The molecule has 1 aliphatic heterocycles. The van der Waals surface area contributed by atoms with Crippen LogP contribution in [0.25, 0.3) is 10.9 Å². The van der Waals surface area contributed by atoms with Crippen molar-refractivity contribution in [3.8, 4) is 11.5 Å². The first-order valence-corrected chi connectivity index (χ1v) is 10.1. The van der Waals surface area contributed by atoms with Gasteiger partial charge in [0.25, 0.3) is 0 Å². The summed E-state index contributed by atoms with van der Waals surface area (Å²) in [6.45, 7) is 3.42. The van der Waals surface area contributed by atoms with Crippen molar-refractivity contribution in [3.05, 3.63) is 41.2 Å². The standard InChI is InChI=1S/C21H23ClFN5O2.2ClH/c1-29-18-11-14-17(12-19(18)30-2)26-21(28-8-3-6-24-7-9-28)27-20(14)25-16-5-4-13(22)10-15(16)23;;/h4-5,10-12,24H,3,6-9H2,1-2H3,(H,25,26,27);2*1H. The lowest BCUT2D eigenvalue weighted by atomic mass is 10.2. The summed E-state index contributed by atoms with van der Waals surface area (Å²) in [7, 11) is 3.14. The smallest absolute Gasteiger partial charge is 0.227 e. The average molecular weight is 505 g/mol. The molecule has 11 heteroatoms. The third kappa shape index (κ3) is 5.56. The number of rotatable bonds is 5. The Balaban J connectivity index is 0.00000181. The molecule has 2 N–H and O–H groups in total. The van der Waals surface area contributed by atoms with Crippen molar-refractivity contribution >= 4 is 64.8 Å². The fraction of sp³-hybridized carbons (Fsp3) is 0.333. The highest BCUT2D eigenvalue weighted by molar-refractivity contribution is 6.30. The first-order valence-electron chi connectivity index (χ1n) is 9.70. The number of nitrogens with one attached hydrogen (secondary N) is 2. The van der Waals surface area contributed by atoms with E-state index in [0.29, 0.717) is 39.2 Å². The van der Waals surface area contributed by atoms with Crippen LogP contribution in [0.4, 0.5) is 21.8 Å². The third-order valence-corrected chi connectivity index (χ3v) is 5.23. The molecule has 0 amide bonds. The largest absolute Gasteiger partial charge is 0.493 e. The number of fused-ring (bicyclic) bond motifs is 1. The van der Waals surface area contributed by atoms with Gasteiger partial charge in [0.1, 0.15) is 11.6 Å². The van der Waals surface area contributed by atoms with Crippen molar-refractivity contribution < 1.29 is 13.9 Å². The molecule has 2 heterocycles. The van der Waals surface area contributed by atoms with Gasteiger partial charge in [-0.05, 0) is 37.2 Å². The first-order chi connectivity index (χ1) is 14.6. The maximum atomic E-state index is 14.5. The van der Waals surface area contributed by atoms with Gasteiger partial charge in [0.2, 0.25) is 5.95 Å². The van der Waals surface area contributed by atoms with Gasteiger partial charge in [0.15, 0.2) is 11.5 Å². The molecule has 2 aromatic carbocycles. The van der Waals surface area contributed by atoms with Crippen LogP contribution in [-0.4, -0.2) is 50.4 Å². The first kappa shape index (κ1) is 26.0. The summed E-state index contributed by atoms with van der Waals surface area (Å²) in [4.78, 5) is 11.6. The molecule has 1 fully saturated rings. The Hall–Kier alpha value is -2.26. The SMILES string of the molecule is COc1cc2nc(N3CCCNCC3)nc(Nc3ccc(Cl)cc3F)c2cc1OC.Cl.Cl. The molecule has 0 aliphatic carbocycles. The molecule has 1 saturated heterocycles. The predicted octanol–water partition coefficient (Wildman–Crippen LogP) is 4.83. The maximum Gasteiger partial charge on any atom is 0.227 e. The summed E-state index contributed by atoms with van der Waals surface area (Å²) in [5.41, 5.74) is 0.949. The second kappa shape index (κ2) is 11.6. The second-order valence-electron chi connectivity index (χ2n) is 6.94. The number of methoxy groups -OCH3 is 2. The zero-order chi connectivity index (χ0) is 21.1. The topological polar surface area (TPSA) is 71.5 Å². The van der Waals surface area contributed by atoms with Gasteiger partial charge in [-0.3, -0.25) is 0 Å². The number of halogens is 4. The molecule has 32 heavy (non-hydrogen) atoms. The molecule has 3 aromatic rings. The Morgan fingerprint density at radius 2 is 1.78 bits per heavy atom. The van der Waals surface area contributed by atoms with Gasteiger partial charge < -0.3 is 25.0 Å². The molecule has 4 rings (SSSR count). The van der Waals surface area contributed by atoms with Gasteiger partial charge in [0.05, 0.1) is 25.4 Å². The number of benzene rings is 2. The molecule has 0 spiro atoms. The van der Waals surface area contributed by atoms with E-state index in [-0.39, 0.29) is 30.5 Å². The summed E-state index contributed by atoms with van der Waals surface area (Å²) < 4.78 is 25.3. The van der Waals surface area contributed by atoms with Crippen LogP contribution in [0, 0.1) is 5.82 Å². The van der Waals surface area contributed by atoms with E-state index < -0.39 is 5.82 Å². The Labute approximate surface area is 203 Å². The summed E-state index contributed by atoms with van der Waals surface area (Å²) >= 11 is 5.89. The average Bonchev–Trinajstić information content (AvgIpc) is 3.04. The molecule has 0 saturated carbocycles. The molecule has 7 nitrogen and oxygen atoms in total. The van der Waals surface area contributed by atoms with Gasteiger partial charge in [-0.15, -0.1) is 24.8 Å². The number of hydrogen-bond acceptors (Lipinski definition) is 7. The zero-order valence-corrected chi connectivity index (χ0v) is 20.0. The molecule has 1 aromatic heterocycles. The fourth-order valence-electron chi connectivity index (χ4n) is 3.44. The molecular weight excluding hydrogens is 480 g/mol. The second-order valence-corrected chi connectivity index (χ2v) is 7.37. The van der Waals surface area contributed by atoms with Gasteiger partial charge >= 0.3 is 0 Å². The molecule has 0 radical (unpaired) electrons. The minimum atomic E-state index is -0.463. The van der Waals surface area contributed by atoms with Gasteiger partial charge in [-0.2, -0.15) is 4.98 Å². The van der Waals surface area contributed by atoms with E-state index >= 15 is 0 Å². The van der Waals surface area contributed by atoms with E-state index in [1.54, 1.807) is 38.5 Å². The van der Waals surface area contributed by atoms with Crippen LogP contribution in [0.3, 0.4) is 0 Å². The van der Waals surface area contributed by atoms with Crippen LogP contribution in [0.15, 0.2) is 30.3 Å². The van der Waals surface area contributed by atoms with Crippen molar-refractivity contribution in [2.75, 3.05) is 50.6 Å². The van der Waals surface area contributed by atoms with Crippen LogP contribution >= 0.6 is 36.4 Å². The van der Waals surface area contributed by atoms with Gasteiger partial charge in [0, 0.05) is 36.1 Å². The molecular formula is C21H25Cl3FN5O2. The Morgan fingerprint density at radius 3 is 2.50 bits per heavy atom. The molecule has 1 aliphatic rings. The van der Waals surface area contributed by atoms with E-state index in [9.17, 15) is 4.39 Å². The van der Waals surface area contributed by atoms with Gasteiger partial charge in [-0.1, -0.05) is 11.6 Å².